The van der Waals surface area contributed by atoms with Gasteiger partial charge in [0.05, 0.1) is 18.4 Å². The number of alkyl halides is 1. The quantitative estimate of drug-likeness (QED) is 0.424. The van der Waals surface area contributed by atoms with Crippen LogP contribution in [0.3, 0.4) is 0 Å². The van der Waals surface area contributed by atoms with Crippen LogP contribution in [-0.4, -0.2) is 84.9 Å². The first kappa shape index (κ1) is 28.4. The first-order valence-electron chi connectivity index (χ1n) is 13.7. The van der Waals surface area contributed by atoms with Crippen LogP contribution in [0.15, 0.2) is 30.7 Å². The van der Waals surface area contributed by atoms with Gasteiger partial charge in [-0.25, -0.2) is 27.8 Å². The van der Waals surface area contributed by atoms with Gasteiger partial charge >= 0.3 is 0 Å². The minimum atomic E-state index is -3.03. The molecule has 4 atom stereocenters. The Morgan fingerprint density at radius 2 is 2.00 bits per heavy atom. The second kappa shape index (κ2) is 10.7. The number of methoxy groups -OCH3 is 1. The van der Waals surface area contributed by atoms with Crippen LogP contribution in [0.4, 0.5) is 27.8 Å². The number of anilines is 4. The molecule has 0 aliphatic carbocycles. The van der Waals surface area contributed by atoms with E-state index in [1.807, 2.05) is 17.2 Å². The molecule has 2 saturated heterocycles. The van der Waals surface area contributed by atoms with Crippen LogP contribution in [0.1, 0.15) is 45.6 Å². The summed E-state index contributed by atoms with van der Waals surface area (Å²) in [6.45, 7) is 9.32. The molecule has 2 fully saturated rings. The van der Waals surface area contributed by atoms with Gasteiger partial charge in [0, 0.05) is 55.7 Å². The number of nitrogens with one attached hydrogen (secondary N) is 1. The highest BCUT2D eigenvalue weighted by Crippen LogP contribution is 2.39. The summed E-state index contributed by atoms with van der Waals surface area (Å²) < 4.78 is 44.1. The Balaban J connectivity index is 1.40. The molecule has 2 aliphatic heterocycles. The summed E-state index contributed by atoms with van der Waals surface area (Å²) in [4.78, 5) is 21.8. The molecule has 0 bridgehead atoms. The molecule has 216 valence electrons. The highest BCUT2D eigenvalue weighted by molar-refractivity contribution is 7.90. The molecule has 1 aromatic carbocycles. The van der Waals surface area contributed by atoms with Gasteiger partial charge in [0.2, 0.25) is 11.9 Å². The smallest absolute Gasteiger partial charge is 0.233 e. The van der Waals surface area contributed by atoms with E-state index in [0.717, 1.165) is 16.5 Å². The number of nitrogens with zero attached hydrogens (tertiary/aromatic N) is 6. The molecular weight excluding hydrogens is 533 g/mol. The number of aromatic nitrogens is 4. The molecule has 5 rings (SSSR count). The molecular formula is C28H38FN7O3S. The summed E-state index contributed by atoms with van der Waals surface area (Å²) in [5.74, 6) is 1.90. The van der Waals surface area contributed by atoms with Gasteiger partial charge in [-0.3, -0.25) is 0 Å². The van der Waals surface area contributed by atoms with Crippen LogP contribution in [0.5, 0.6) is 0 Å². The number of piperidine rings is 1. The van der Waals surface area contributed by atoms with Crippen LogP contribution in [-0.2, 0) is 14.6 Å². The maximum Gasteiger partial charge on any atom is 0.233 e. The Kier molecular flexibility index (Phi) is 7.60. The average Bonchev–Trinajstić information content (AvgIpc) is 2.89. The second-order valence-corrected chi connectivity index (χ2v) is 13.8. The van der Waals surface area contributed by atoms with Crippen molar-refractivity contribution in [3.05, 3.63) is 36.3 Å². The van der Waals surface area contributed by atoms with Crippen LogP contribution >= 0.6 is 0 Å². The van der Waals surface area contributed by atoms with Gasteiger partial charge in [-0.1, -0.05) is 19.9 Å². The van der Waals surface area contributed by atoms with E-state index in [1.54, 1.807) is 6.92 Å². The number of rotatable bonds is 8. The molecule has 1 N–H and O–H groups in total. The molecule has 4 heterocycles. The summed E-state index contributed by atoms with van der Waals surface area (Å²) in [7, 11) is -1.49. The van der Waals surface area contributed by atoms with Gasteiger partial charge in [0.1, 0.15) is 22.0 Å². The van der Waals surface area contributed by atoms with E-state index < -0.39 is 21.6 Å². The SMILES string of the molecule is CO[C@H]1CCN(c2ncnc(Nc3cc4c(C(C)C)ccc(N5C[C@H](CS(C)(=O)=O)[C@H]5C)c4cn3)n2)C[C@@]1(C)F. The van der Waals surface area contributed by atoms with Crippen molar-refractivity contribution in [2.75, 3.05) is 53.9 Å². The Morgan fingerprint density at radius 3 is 2.65 bits per heavy atom. The highest BCUT2D eigenvalue weighted by atomic mass is 32.2. The van der Waals surface area contributed by atoms with Gasteiger partial charge in [-0.2, -0.15) is 4.98 Å². The Morgan fingerprint density at radius 1 is 1.23 bits per heavy atom. The van der Waals surface area contributed by atoms with E-state index in [4.69, 9.17) is 4.74 Å². The van der Waals surface area contributed by atoms with Gasteiger partial charge in [-0.05, 0) is 49.3 Å². The molecule has 0 unspecified atom stereocenters. The number of ether oxygens (including phenoxy) is 1. The number of benzene rings is 1. The summed E-state index contributed by atoms with van der Waals surface area (Å²) in [5.41, 5.74) is 0.716. The van der Waals surface area contributed by atoms with E-state index in [9.17, 15) is 8.42 Å². The van der Waals surface area contributed by atoms with Crippen molar-refractivity contribution in [3.63, 3.8) is 0 Å². The lowest BCUT2D eigenvalue weighted by Crippen LogP contribution is -2.57. The van der Waals surface area contributed by atoms with Crippen molar-refractivity contribution in [1.29, 1.82) is 0 Å². The first-order chi connectivity index (χ1) is 18.9. The van der Waals surface area contributed by atoms with Crippen molar-refractivity contribution >= 4 is 44.0 Å². The Bertz CT molecular complexity index is 1500. The maximum absolute atomic E-state index is 15.1. The van der Waals surface area contributed by atoms with Gasteiger partial charge in [0.15, 0.2) is 5.67 Å². The number of halogens is 1. The summed E-state index contributed by atoms with van der Waals surface area (Å²) in [6.07, 6.45) is 4.63. The van der Waals surface area contributed by atoms with E-state index in [1.165, 1.54) is 25.3 Å². The molecule has 3 aromatic rings. The van der Waals surface area contributed by atoms with Crippen LogP contribution < -0.4 is 15.1 Å². The third-order valence-corrected chi connectivity index (χ3v) is 9.20. The van der Waals surface area contributed by atoms with Crippen molar-refractivity contribution in [2.45, 2.75) is 57.8 Å². The number of sulfone groups is 1. The minimum Gasteiger partial charge on any atom is -0.378 e. The van der Waals surface area contributed by atoms with Crippen molar-refractivity contribution < 1.29 is 17.5 Å². The highest BCUT2D eigenvalue weighted by Gasteiger charge is 2.41. The molecule has 0 radical (unpaired) electrons. The molecule has 0 amide bonds. The topological polar surface area (TPSA) is 113 Å². The molecule has 0 spiro atoms. The van der Waals surface area contributed by atoms with E-state index in [0.29, 0.717) is 37.2 Å². The molecule has 2 aromatic heterocycles. The summed E-state index contributed by atoms with van der Waals surface area (Å²) in [6, 6.07) is 6.37. The van der Waals surface area contributed by atoms with Crippen molar-refractivity contribution in [2.24, 2.45) is 5.92 Å². The lowest BCUT2D eigenvalue weighted by atomic mass is 9.88. The Labute approximate surface area is 235 Å². The third kappa shape index (κ3) is 5.69. The number of pyridine rings is 1. The zero-order chi connectivity index (χ0) is 28.8. The summed E-state index contributed by atoms with van der Waals surface area (Å²) in [5, 5.41) is 5.28. The van der Waals surface area contributed by atoms with Crippen LogP contribution in [0, 0.1) is 5.92 Å². The normalized spacial score (nSPS) is 25.4. The molecule has 0 saturated carbocycles. The molecule has 2 aliphatic rings. The predicted octanol–water partition coefficient (Wildman–Crippen LogP) is 4.11. The second-order valence-electron chi connectivity index (χ2n) is 11.6. The molecule has 12 heteroatoms. The fourth-order valence-electron chi connectivity index (χ4n) is 5.93. The standard InChI is InChI=1S/C28H38FN7O3S/c1-17(2)20-7-8-23(36-13-19(18(36)3)14-40(6,37)38)22-12-30-25(11-21(20)22)33-26-31-16-32-27(34-26)35-10-9-24(39-5)28(4,29)15-35/h7-8,11-12,16-19,24H,9-10,13-15H2,1-6H3,(H,30,31,32,33,34)/t18-,19-,24+,28-/m1/s1. The largest absolute Gasteiger partial charge is 0.378 e. The van der Waals surface area contributed by atoms with E-state index in [-0.39, 0.29) is 30.2 Å². The van der Waals surface area contributed by atoms with Gasteiger partial charge in [-0.15, -0.1) is 0 Å². The number of hydrogen-bond acceptors (Lipinski definition) is 10. The van der Waals surface area contributed by atoms with E-state index >= 15 is 4.39 Å². The van der Waals surface area contributed by atoms with E-state index in [2.05, 4.69) is 63.1 Å². The lowest BCUT2D eigenvalue weighted by Gasteiger charge is -2.48. The average molecular weight is 572 g/mol. The fraction of sp³-hybridized carbons (Fsp3) is 0.571. The maximum atomic E-state index is 15.1. The number of hydrogen-bond donors (Lipinski definition) is 1. The third-order valence-electron chi connectivity index (χ3n) is 8.16. The Hall–Kier alpha value is -3.12. The molecule has 10 nitrogen and oxygen atoms in total. The molecule has 40 heavy (non-hydrogen) atoms. The number of fused-ring (bicyclic) bond motifs is 1. The van der Waals surface area contributed by atoms with Crippen LogP contribution in [0.25, 0.3) is 10.8 Å². The predicted molar refractivity (Wildman–Crippen MR) is 156 cm³/mol. The lowest BCUT2D eigenvalue weighted by molar-refractivity contribution is -0.0381. The zero-order valence-corrected chi connectivity index (χ0v) is 24.7. The van der Waals surface area contributed by atoms with Gasteiger partial charge in [0.25, 0.3) is 0 Å². The first-order valence-corrected chi connectivity index (χ1v) is 15.7. The minimum absolute atomic E-state index is 0.109. The van der Waals surface area contributed by atoms with Crippen molar-refractivity contribution in [1.82, 2.24) is 19.9 Å². The van der Waals surface area contributed by atoms with Crippen LogP contribution in [0.2, 0.25) is 0 Å². The summed E-state index contributed by atoms with van der Waals surface area (Å²) >= 11 is 0. The monoisotopic (exact) mass is 571 g/mol. The fourth-order valence-corrected chi connectivity index (χ4v) is 7.09. The van der Waals surface area contributed by atoms with Crippen molar-refractivity contribution in [3.8, 4) is 0 Å². The van der Waals surface area contributed by atoms with Gasteiger partial charge < -0.3 is 19.9 Å². The zero-order valence-electron chi connectivity index (χ0n) is 23.9.